The van der Waals surface area contributed by atoms with Gasteiger partial charge >= 0.3 is 0 Å². The molecule has 3 nitrogen and oxygen atoms in total. The van der Waals surface area contributed by atoms with E-state index in [1.165, 1.54) is 0 Å². The SMILES string of the molecule is Cn1cc(Br)nc1/C=C/c1ccc2ccccc2n1. The Labute approximate surface area is 119 Å². The minimum atomic E-state index is 0.834. The van der Waals surface area contributed by atoms with Crippen LogP contribution in [0.5, 0.6) is 0 Å². The molecule has 0 aliphatic heterocycles. The number of aryl methyl sites for hydroxylation is 1. The van der Waals surface area contributed by atoms with Crippen molar-refractivity contribution in [3.8, 4) is 0 Å². The molecule has 3 aromatic rings. The average Bonchev–Trinajstić information content (AvgIpc) is 2.74. The fourth-order valence-electron chi connectivity index (χ4n) is 1.93. The highest BCUT2D eigenvalue weighted by Gasteiger charge is 1.99. The molecule has 1 aromatic carbocycles. The summed E-state index contributed by atoms with van der Waals surface area (Å²) in [5.41, 5.74) is 1.93. The summed E-state index contributed by atoms with van der Waals surface area (Å²) in [4.78, 5) is 8.94. The van der Waals surface area contributed by atoms with Gasteiger partial charge in [-0.15, -0.1) is 0 Å². The van der Waals surface area contributed by atoms with Gasteiger partial charge < -0.3 is 4.57 Å². The van der Waals surface area contributed by atoms with Crippen LogP contribution < -0.4 is 0 Å². The number of rotatable bonds is 2. The molecule has 2 heterocycles. The van der Waals surface area contributed by atoms with Crippen LogP contribution in [0.2, 0.25) is 0 Å². The largest absolute Gasteiger partial charge is 0.333 e. The van der Waals surface area contributed by atoms with Gasteiger partial charge in [0.2, 0.25) is 0 Å². The van der Waals surface area contributed by atoms with Gasteiger partial charge in [-0.05, 0) is 40.2 Å². The van der Waals surface area contributed by atoms with Crippen LogP contribution >= 0.6 is 15.9 Å². The van der Waals surface area contributed by atoms with Crippen LogP contribution in [0.25, 0.3) is 23.1 Å². The molecule has 4 heteroatoms. The van der Waals surface area contributed by atoms with Crippen LogP contribution in [0.15, 0.2) is 47.2 Å². The molecular weight excluding hydrogens is 302 g/mol. The normalized spacial score (nSPS) is 11.5. The average molecular weight is 314 g/mol. The van der Waals surface area contributed by atoms with Crippen molar-refractivity contribution in [2.75, 3.05) is 0 Å². The first-order valence-electron chi connectivity index (χ1n) is 5.95. The molecule has 0 spiro atoms. The third-order valence-electron chi connectivity index (χ3n) is 2.91. The summed E-state index contributed by atoms with van der Waals surface area (Å²) < 4.78 is 2.79. The Morgan fingerprint density at radius 2 is 1.89 bits per heavy atom. The van der Waals surface area contributed by atoms with Crippen LogP contribution in [-0.2, 0) is 7.05 Å². The molecule has 19 heavy (non-hydrogen) atoms. The summed E-state index contributed by atoms with van der Waals surface area (Å²) in [7, 11) is 1.96. The third-order valence-corrected chi connectivity index (χ3v) is 3.29. The molecule has 0 fully saturated rings. The first-order valence-corrected chi connectivity index (χ1v) is 6.74. The second kappa shape index (κ2) is 4.97. The first kappa shape index (κ1) is 12.1. The van der Waals surface area contributed by atoms with E-state index in [9.17, 15) is 0 Å². The third kappa shape index (κ3) is 2.58. The Bertz CT molecular complexity index is 759. The number of hydrogen-bond donors (Lipinski definition) is 0. The second-order valence-corrected chi connectivity index (χ2v) is 5.11. The molecule has 2 aromatic heterocycles. The molecule has 0 saturated heterocycles. The summed E-state index contributed by atoms with van der Waals surface area (Å²) in [6, 6.07) is 12.2. The lowest BCUT2D eigenvalue weighted by Crippen LogP contribution is -1.89. The van der Waals surface area contributed by atoms with E-state index in [1.54, 1.807) is 0 Å². The fraction of sp³-hybridized carbons (Fsp3) is 0.0667. The zero-order valence-electron chi connectivity index (χ0n) is 10.4. The van der Waals surface area contributed by atoms with E-state index >= 15 is 0 Å². The van der Waals surface area contributed by atoms with E-state index in [4.69, 9.17) is 0 Å². The minimum Gasteiger partial charge on any atom is -0.333 e. The number of para-hydroxylation sites is 1. The van der Waals surface area contributed by atoms with Gasteiger partial charge in [0.15, 0.2) is 0 Å². The van der Waals surface area contributed by atoms with Crippen molar-refractivity contribution in [1.82, 2.24) is 14.5 Å². The number of benzene rings is 1. The molecule has 0 atom stereocenters. The van der Waals surface area contributed by atoms with E-state index in [0.717, 1.165) is 27.0 Å². The fourth-order valence-corrected chi connectivity index (χ4v) is 2.42. The zero-order valence-corrected chi connectivity index (χ0v) is 12.0. The van der Waals surface area contributed by atoms with Crippen LogP contribution in [0, 0.1) is 0 Å². The Balaban J connectivity index is 1.94. The number of halogens is 1. The molecule has 0 saturated carbocycles. The van der Waals surface area contributed by atoms with Crippen molar-refractivity contribution >= 4 is 39.0 Å². The molecule has 0 amide bonds. The molecule has 0 unspecified atom stereocenters. The molecule has 94 valence electrons. The number of aromatic nitrogens is 3. The molecule has 0 bridgehead atoms. The van der Waals surface area contributed by atoms with E-state index in [2.05, 4.69) is 38.0 Å². The molecule has 0 radical (unpaired) electrons. The zero-order chi connectivity index (χ0) is 13.2. The monoisotopic (exact) mass is 313 g/mol. The van der Waals surface area contributed by atoms with E-state index in [1.807, 2.05) is 54.2 Å². The van der Waals surface area contributed by atoms with Gasteiger partial charge in [-0.2, -0.15) is 0 Å². The van der Waals surface area contributed by atoms with Crippen molar-refractivity contribution in [2.24, 2.45) is 7.05 Å². The van der Waals surface area contributed by atoms with Crippen molar-refractivity contribution in [1.29, 1.82) is 0 Å². The quantitative estimate of drug-likeness (QED) is 0.718. The summed E-state index contributed by atoms with van der Waals surface area (Å²) in [6.45, 7) is 0. The van der Waals surface area contributed by atoms with E-state index < -0.39 is 0 Å². The van der Waals surface area contributed by atoms with Crippen LogP contribution in [-0.4, -0.2) is 14.5 Å². The Morgan fingerprint density at radius 1 is 1.05 bits per heavy atom. The maximum absolute atomic E-state index is 4.59. The lowest BCUT2D eigenvalue weighted by atomic mass is 10.2. The Morgan fingerprint density at radius 3 is 2.68 bits per heavy atom. The Hall–Kier alpha value is -1.94. The lowest BCUT2D eigenvalue weighted by Gasteiger charge is -1.98. The minimum absolute atomic E-state index is 0.834. The van der Waals surface area contributed by atoms with E-state index in [0.29, 0.717) is 0 Å². The molecule has 0 aliphatic rings. The van der Waals surface area contributed by atoms with Gasteiger partial charge in [-0.25, -0.2) is 9.97 Å². The smallest absolute Gasteiger partial charge is 0.133 e. The van der Waals surface area contributed by atoms with E-state index in [-0.39, 0.29) is 0 Å². The summed E-state index contributed by atoms with van der Waals surface area (Å²) >= 11 is 3.36. The second-order valence-electron chi connectivity index (χ2n) is 4.29. The number of hydrogen-bond acceptors (Lipinski definition) is 2. The number of pyridine rings is 1. The van der Waals surface area contributed by atoms with Crippen molar-refractivity contribution < 1.29 is 0 Å². The maximum Gasteiger partial charge on any atom is 0.133 e. The molecular formula is C15H12BrN3. The predicted molar refractivity (Wildman–Crippen MR) is 81.6 cm³/mol. The lowest BCUT2D eigenvalue weighted by molar-refractivity contribution is 0.898. The topological polar surface area (TPSA) is 30.7 Å². The number of fused-ring (bicyclic) bond motifs is 1. The van der Waals surface area contributed by atoms with Gasteiger partial charge in [-0.1, -0.05) is 24.3 Å². The Kier molecular flexibility index (Phi) is 3.17. The van der Waals surface area contributed by atoms with Crippen molar-refractivity contribution in [2.45, 2.75) is 0 Å². The van der Waals surface area contributed by atoms with Gasteiger partial charge in [0.1, 0.15) is 10.4 Å². The number of imidazole rings is 1. The number of nitrogens with zero attached hydrogens (tertiary/aromatic N) is 3. The molecule has 0 aliphatic carbocycles. The first-order chi connectivity index (χ1) is 9.22. The molecule has 0 N–H and O–H groups in total. The van der Waals surface area contributed by atoms with Crippen molar-refractivity contribution in [3.05, 3.63) is 58.7 Å². The summed E-state index contributed by atoms with van der Waals surface area (Å²) in [6.07, 6.45) is 5.86. The highest BCUT2D eigenvalue weighted by Crippen LogP contribution is 2.14. The standard InChI is InChI=1S/C15H12BrN3/c1-19-10-14(16)18-15(19)9-8-12-7-6-11-4-2-3-5-13(11)17-12/h2-10H,1H3/b9-8+. The maximum atomic E-state index is 4.59. The highest BCUT2D eigenvalue weighted by molar-refractivity contribution is 9.10. The summed E-state index contributed by atoms with van der Waals surface area (Å²) in [5.74, 6) is 0.891. The van der Waals surface area contributed by atoms with Crippen LogP contribution in [0.3, 0.4) is 0 Å². The highest BCUT2D eigenvalue weighted by atomic mass is 79.9. The summed E-state index contributed by atoms with van der Waals surface area (Å²) in [5, 5.41) is 1.15. The molecule has 3 rings (SSSR count). The predicted octanol–water partition coefficient (Wildman–Crippen LogP) is 3.90. The van der Waals surface area contributed by atoms with Gasteiger partial charge in [0.25, 0.3) is 0 Å². The van der Waals surface area contributed by atoms with Crippen molar-refractivity contribution in [3.63, 3.8) is 0 Å². The van der Waals surface area contributed by atoms with Gasteiger partial charge in [0.05, 0.1) is 11.2 Å². The van der Waals surface area contributed by atoms with Gasteiger partial charge in [0, 0.05) is 18.6 Å². The van der Waals surface area contributed by atoms with Gasteiger partial charge in [-0.3, -0.25) is 0 Å². The van der Waals surface area contributed by atoms with Crippen LogP contribution in [0.4, 0.5) is 0 Å². The van der Waals surface area contributed by atoms with Crippen LogP contribution in [0.1, 0.15) is 11.5 Å².